The van der Waals surface area contributed by atoms with Gasteiger partial charge in [0.25, 0.3) is 0 Å². The van der Waals surface area contributed by atoms with Crippen LogP contribution in [-0.4, -0.2) is 26.8 Å². The summed E-state index contributed by atoms with van der Waals surface area (Å²) < 4.78 is 11.4. The Morgan fingerprint density at radius 3 is 2.79 bits per heavy atom. The third-order valence-electron chi connectivity index (χ3n) is 4.35. The van der Waals surface area contributed by atoms with Crippen LogP contribution in [0.1, 0.15) is 48.8 Å². The average molecular weight is 261 g/mol. The lowest BCUT2D eigenvalue weighted by Crippen LogP contribution is -2.33. The molecule has 3 rings (SSSR count). The molecule has 0 bridgehead atoms. The highest BCUT2D eigenvalue weighted by Crippen LogP contribution is 2.40. The molecule has 3 nitrogen and oxygen atoms in total. The van der Waals surface area contributed by atoms with Gasteiger partial charge in [-0.05, 0) is 42.0 Å². The number of hydrogen-bond donors (Lipinski definition) is 1. The molecule has 1 aromatic carbocycles. The van der Waals surface area contributed by atoms with E-state index < -0.39 is 0 Å². The molecule has 1 saturated heterocycles. The molecule has 1 aromatic rings. The van der Waals surface area contributed by atoms with Crippen molar-refractivity contribution in [1.29, 1.82) is 0 Å². The molecule has 1 saturated carbocycles. The lowest BCUT2D eigenvalue weighted by Gasteiger charge is -2.25. The van der Waals surface area contributed by atoms with Crippen LogP contribution in [0.2, 0.25) is 0 Å². The van der Waals surface area contributed by atoms with Crippen LogP contribution in [0.5, 0.6) is 5.75 Å². The number of morpholine rings is 1. The molecule has 0 spiro atoms. The first-order valence-electron chi connectivity index (χ1n) is 7.38. The maximum Gasteiger partial charge on any atom is 0.122 e. The van der Waals surface area contributed by atoms with Gasteiger partial charge >= 0.3 is 0 Å². The Morgan fingerprint density at radius 2 is 2.11 bits per heavy atom. The van der Waals surface area contributed by atoms with Crippen molar-refractivity contribution < 1.29 is 9.47 Å². The third kappa shape index (κ3) is 2.77. The number of benzene rings is 1. The van der Waals surface area contributed by atoms with Gasteiger partial charge in [-0.1, -0.05) is 18.9 Å². The van der Waals surface area contributed by atoms with Gasteiger partial charge in [-0.15, -0.1) is 0 Å². The van der Waals surface area contributed by atoms with Gasteiger partial charge in [0.05, 0.1) is 19.8 Å². The Morgan fingerprint density at radius 1 is 1.26 bits per heavy atom. The predicted octanol–water partition coefficient (Wildman–Crippen LogP) is 3.01. The minimum Gasteiger partial charge on any atom is -0.496 e. The smallest absolute Gasteiger partial charge is 0.122 e. The summed E-state index contributed by atoms with van der Waals surface area (Å²) in [6, 6.07) is 6.57. The summed E-state index contributed by atoms with van der Waals surface area (Å²) in [5.41, 5.74) is 2.67. The standard InChI is InChI=1S/C16H23NO2/c1-18-15-7-6-13(16-11-17-8-9-19-16)10-14(15)12-4-2-3-5-12/h6-7,10,12,16-17H,2-5,8-9,11H2,1H3. The summed E-state index contributed by atoms with van der Waals surface area (Å²) in [4.78, 5) is 0. The molecular formula is C16H23NO2. The maximum atomic E-state index is 5.85. The van der Waals surface area contributed by atoms with Crippen molar-refractivity contribution in [1.82, 2.24) is 5.32 Å². The SMILES string of the molecule is COc1ccc(C2CNCCO2)cc1C1CCCC1. The zero-order chi connectivity index (χ0) is 13.1. The topological polar surface area (TPSA) is 30.5 Å². The van der Waals surface area contributed by atoms with Gasteiger partial charge in [0, 0.05) is 13.1 Å². The summed E-state index contributed by atoms with van der Waals surface area (Å²) in [7, 11) is 1.77. The molecule has 0 radical (unpaired) electrons. The summed E-state index contributed by atoms with van der Waals surface area (Å²) >= 11 is 0. The number of ether oxygens (including phenoxy) is 2. The van der Waals surface area contributed by atoms with E-state index in [4.69, 9.17) is 9.47 Å². The van der Waals surface area contributed by atoms with Gasteiger partial charge in [-0.3, -0.25) is 0 Å². The molecule has 3 heteroatoms. The first-order chi connectivity index (χ1) is 9.38. The van der Waals surface area contributed by atoms with Crippen LogP contribution >= 0.6 is 0 Å². The highest BCUT2D eigenvalue weighted by molar-refractivity contribution is 5.41. The molecule has 1 heterocycles. The average Bonchev–Trinajstić information content (AvgIpc) is 3.01. The van der Waals surface area contributed by atoms with Crippen LogP contribution in [0.25, 0.3) is 0 Å². The summed E-state index contributed by atoms with van der Waals surface area (Å²) in [6.45, 7) is 2.67. The first kappa shape index (κ1) is 12.9. The molecule has 0 aromatic heterocycles. The zero-order valence-electron chi connectivity index (χ0n) is 11.7. The van der Waals surface area contributed by atoms with Crippen LogP contribution in [-0.2, 0) is 4.74 Å². The molecule has 1 unspecified atom stereocenters. The van der Waals surface area contributed by atoms with Crippen LogP contribution in [0.15, 0.2) is 18.2 Å². The lowest BCUT2D eigenvalue weighted by molar-refractivity contribution is 0.0276. The van der Waals surface area contributed by atoms with Crippen LogP contribution in [0, 0.1) is 0 Å². The third-order valence-corrected chi connectivity index (χ3v) is 4.35. The monoisotopic (exact) mass is 261 g/mol. The Kier molecular flexibility index (Phi) is 4.04. The van der Waals surface area contributed by atoms with E-state index >= 15 is 0 Å². The van der Waals surface area contributed by atoms with Crippen LogP contribution < -0.4 is 10.1 Å². The van der Waals surface area contributed by atoms with E-state index in [1.165, 1.54) is 36.8 Å². The summed E-state index contributed by atoms with van der Waals surface area (Å²) in [5.74, 6) is 1.71. The Balaban J connectivity index is 1.87. The second-order valence-corrected chi connectivity index (χ2v) is 5.55. The van der Waals surface area contributed by atoms with Crippen molar-refractivity contribution in [3.63, 3.8) is 0 Å². The highest BCUT2D eigenvalue weighted by atomic mass is 16.5. The second kappa shape index (κ2) is 5.93. The fourth-order valence-electron chi connectivity index (χ4n) is 3.29. The first-order valence-corrected chi connectivity index (χ1v) is 7.38. The van der Waals surface area contributed by atoms with Crippen molar-refractivity contribution in [3.8, 4) is 5.75 Å². The van der Waals surface area contributed by atoms with Gasteiger partial charge in [0.15, 0.2) is 0 Å². The molecule has 1 atom stereocenters. The van der Waals surface area contributed by atoms with Gasteiger partial charge in [-0.25, -0.2) is 0 Å². The van der Waals surface area contributed by atoms with E-state index in [1.807, 2.05) is 0 Å². The molecule has 19 heavy (non-hydrogen) atoms. The Hall–Kier alpha value is -1.06. The summed E-state index contributed by atoms with van der Waals surface area (Å²) in [6.07, 6.45) is 5.48. The molecule has 1 N–H and O–H groups in total. The molecule has 104 valence electrons. The molecule has 1 aliphatic heterocycles. The maximum absolute atomic E-state index is 5.85. The highest BCUT2D eigenvalue weighted by Gasteiger charge is 2.23. The molecular weight excluding hydrogens is 238 g/mol. The summed E-state index contributed by atoms with van der Waals surface area (Å²) in [5, 5.41) is 3.39. The Labute approximate surface area is 115 Å². The van der Waals surface area contributed by atoms with E-state index in [0.29, 0.717) is 5.92 Å². The van der Waals surface area contributed by atoms with Crippen molar-refractivity contribution in [2.45, 2.75) is 37.7 Å². The van der Waals surface area contributed by atoms with Crippen molar-refractivity contribution >= 4 is 0 Å². The van der Waals surface area contributed by atoms with Crippen molar-refractivity contribution in [2.24, 2.45) is 0 Å². The number of nitrogens with one attached hydrogen (secondary N) is 1. The quantitative estimate of drug-likeness (QED) is 0.907. The number of hydrogen-bond acceptors (Lipinski definition) is 3. The normalized spacial score (nSPS) is 24.6. The van der Waals surface area contributed by atoms with Crippen molar-refractivity contribution in [2.75, 3.05) is 26.8 Å². The largest absolute Gasteiger partial charge is 0.496 e. The minimum absolute atomic E-state index is 0.194. The van der Waals surface area contributed by atoms with Gasteiger partial charge in [0.2, 0.25) is 0 Å². The van der Waals surface area contributed by atoms with E-state index in [0.717, 1.165) is 25.4 Å². The fourth-order valence-corrected chi connectivity index (χ4v) is 3.29. The lowest BCUT2D eigenvalue weighted by atomic mass is 9.93. The van der Waals surface area contributed by atoms with Gasteiger partial charge in [0.1, 0.15) is 5.75 Å². The predicted molar refractivity (Wildman–Crippen MR) is 75.8 cm³/mol. The van der Waals surface area contributed by atoms with E-state index in [1.54, 1.807) is 7.11 Å². The van der Waals surface area contributed by atoms with Gasteiger partial charge in [-0.2, -0.15) is 0 Å². The molecule has 1 aliphatic carbocycles. The van der Waals surface area contributed by atoms with Crippen LogP contribution in [0.3, 0.4) is 0 Å². The second-order valence-electron chi connectivity index (χ2n) is 5.55. The minimum atomic E-state index is 0.194. The van der Waals surface area contributed by atoms with E-state index in [-0.39, 0.29) is 6.10 Å². The van der Waals surface area contributed by atoms with E-state index in [2.05, 4.69) is 23.5 Å². The zero-order valence-corrected chi connectivity index (χ0v) is 11.7. The molecule has 2 aliphatic rings. The van der Waals surface area contributed by atoms with Gasteiger partial charge < -0.3 is 14.8 Å². The molecule has 0 amide bonds. The number of methoxy groups -OCH3 is 1. The van der Waals surface area contributed by atoms with Crippen molar-refractivity contribution in [3.05, 3.63) is 29.3 Å². The van der Waals surface area contributed by atoms with Crippen LogP contribution in [0.4, 0.5) is 0 Å². The fraction of sp³-hybridized carbons (Fsp3) is 0.625. The molecule has 2 fully saturated rings. The van der Waals surface area contributed by atoms with E-state index in [9.17, 15) is 0 Å². The Bertz CT molecular complexity index is 421. The number of rotatable bonds is 3.